The Morgan fingerprint density at radius 1 is 1.11 bits per heavy atom. The van der Waals surface area contributed by atoms with E-state index in [-0.39, 0.29) is 11.4 Å². The molecule has 2 aliphatic rings. The van der Waals surface area contributed by atoms with Crippen molar-refractivity contribution in [1.82, 2.24) is 5.32 Å². The van der Waals surface area contributed by atoms with Crippen LogP contribution >= 0.6 is 0 Å². The minimum Gasteiger partial charge on any atom is -0.354 e. The van der Waals surface area contributed by atoms with E-state index in [1.807, 2.05) is 13.8 Å². The highest BCUT2D eigenvalue weighted by Gasteiger charge is 2.50. The van der Waals surface area contributed by atoms with Crippen LogP contribution in [0, 0.1) is 0 Å². The van der Waals surface area contributed by atoms with Crippen LogP contribution in [0.25, 0.3) is 0 Å². The quantitative estimate of drug-likeness (QED) is 0.536. The van der Waals surface area contributed by atoms with E-state index in [9.17, 15) is 0 Å². The Morgan fingerprint density at radius 3 is 1.67 bits per heavy atom. The summed E-state index contributed by atoms with van der Waals surface area (Å²) in [4.78, 5) is 0. The zero-order valence-electron chi connectivity index (χ0n) is 5.73. The standard InChI is InChI=1S/C6H11NO2/c1-5(3-8-5)7-6(2)4-9-6/h7H,3-4H2,1-2H3. The van der Waals surface area contributed by atoms with E-state index < -0.39 is 0 Å². The van der Waals surface area contributed by atoms with Crippen LogP contribution in [0.4, 0.5) is 0 Å². The Morgan fingerprint density at radius 2 is 1.44 bits per heavy atom. The molecule has 0 bridgehead atoms. The Balaban J connectivity index is 1.90. The SMILES string of the molecule is CC1(NC2(C)CO2)CO1. The molecule has 2 aliphatic heterocycles. The molecule has 0 amide bonds. The largest absolute Gasteiger partial charge is 0.354 e. The Hall–Kier alpha value is -0.120. The minimum atomic E-state index is -0.0781. The summed E-state index contributed by atoms with van der Waals surface area (Å²) in [7, 11) is 0. The second-order valence-corrected chi connectivity index (χ2v) is 3.16. The van der Waals surface area contributed by atoms with E-state index in [1.165, 1.54) is 0 Å². The lowest BCUT2D eigenvalue weighted by Crippen LogP contribution is -2.40. The Kier molecular flexibility index (Phi) is 0.822. The van der Waals surface area contributed by atoms with E-state index in [4.69, 9.17) is 9.47 Å². The molecule has 2 fully saturated rings. The van der Waals surface area contributed by atoms with Crippen LogP contribution in [0.2, 0.25) is 0 Å². The third-order valence-electron chi connectivity index (χ3n) is 1.68. The predicted octanol–water partition coefficient (Wildman–Crippen LogP) is 0.0688. The second kappa shape index (κ2) is 1.31. The van der Waals surface area contributed by atoms with E-state index in [2.05, 4.69) is 5.32 Å². The van der Waals surface area contributed by atoms with Crippen LogP contribution in [0.1, 0.15) is 13.8 Å². The molecule has 0 aromatic carbocycles. The molecule has 9 heavy (non-hydrogen) atoms. The van der Waals surface area contributed by atoms with Crippen LogP contribution in [-0.4, -0.2) is 24.7 Å². The average molecular weight is 129 g/mol. The lowest BCUT2D eigenvalue weighted by molar-refractivity contribution is 0.183. The fourth-order valence-corrected chi connectivity index (χ4v) is 0.920. The number of hydrogen-bond acceptors (Lipinski definition) is 3. The normalized spacial score (nSPS) is 55.3. The molecule has 2 heterocycles. The summed E-state index contributed by atoms with van der Waals surface area (Å²) in [5.74, 6) is 0. The van der Waals surface area contributed by atoms with E-state index in [0.29, 0.717) is 0 Å². The van der Waals surface area contributed by atoms with Gasteiger partial charge in [-0.1, -0.05) is 0 Å². The smallest absolute Gasteiger partial charge is 0.142 e. The fourth-order valence-electron chi connectivity index (χ4n) is 0.920. The van der Waals surface area contributed by atoms with E-state index in [0.717, 1.165) is 13.2 Å². The Bertz CT molecular complexity index is 122. The number of epoxide rings is 2. The van der Waals surface area contributed by atoms with Crippen molar-refractivity contribution in [2.45, 2.75) is 25.3 Å². The van der Waals surface area contributed by atoms with Gasteiger partial charge in [-0.3, -0.25) is 5.32 Å². The topological polar surface area (TPSA) is 37.1 Å². The van der Waals surface area contributed by atoms with Gasteiger partial charge < -0.3 is 9.47 Å². The lowest BCUT2D eigenvalue weighted by atomic mass is 10.3. The molecule has 2 unspecified atom stereocenters. The van der Waals surface area contributed by atoms with Crippen molar-refractivity contribution < 1.29 is 9.47 Å². The molecular formula is C6H11NO2. The van der Waals surface area contributed by atoms with Gasteiger partial charge in [-0.05, 0) is 13.8 Å². The third kappa shape index (κ3) is 1.08. The number of nitrogens with one attached hydrogen (secondary N) is 1. The molecule has 3 nitrogen and oxygen atoms in total. The molecule has 0 spiro atoms. The van der Waals surface area contributed by atoms with Crippen molar-refractivity contribution in [1.29, 1.82) is 0 Å². The first-order valence-electron chi connectivity index (χ1n) is 3.19. The van der Waals surface area contributed by atoms with Crippen molar-refractivity contribution in [2.75, 3.05) is 13.2 Å². The minimum absolute atomic E-state index is 0.0781. The molecule has 3 heteroatoms. The van der Waals surface area contributed by atoms with Gasteiger partial charge in [-0.25, -0.2) is 0 Å². The van der Waals surface area contributed by atoms with E-state index >= 15 is 0 Å². The zero-order chi connectivity index (χ0) is 6.54. The maximum atomic E-state index is 5.12. The number of ether oxygens (including phenoxy) is 2. The summed E-state index contributed by atoms with van der Waals surface area (Å²) in [5.41, 5.74) is -0.156. The molecule has 0 aromatic rings. The monoisotopic (exact) mass is 129 g/mol. The molecule has 2 atom stereocenters. The molecule has 2 saturated heterocycles. The zero-order valence-corrected chi connectivity index (χ0v) is 5.73. The van der Waals surface area contributed by atoms with Gasteiger partial charge in [0.2, 0.25) is 0 Å². The summed E-state index contributed by atoms with van der Waals surface area (Å²) in [6.45, 7) is 5.68. The summed E-state index contributed by atoms with van der Waals surface area (Å²) < 4.78 is 10.2. The van der Waals surface area contributed by atoms with Crippen molar-refractivity contribution in [3.05, 3.63) is 0 Å². The number of rotatable bonds is 2. The first kappa shape index (κ1) is 5.65. The lowest BCUT2D eigenvalue weighted by Gasteiger charge is -2.10. The summed E-state index contributed by atoms with van der Waals surface area (Å²) in [6, 6.07) is 0. The highest BCUT2D eigenvalue weighted by Crippen LogP contribution is 2.31. The van der Waals surface area contributed by atoms with Crippen molar-refractivity contribution >= 4 is 0 Å². The maximum absolute atomic E-state index is 5.12. The fraction of sp³-hybridized carbons (Fsp3) is 1.00. The van der Waals surface area contributed by atoms with Gasteiger partial charge in [0, 0.05) is 0 Å². The van der Waals surface area contributed by atoms with Crippen molar-refractivity contribution in [3.8, 4) is 0 Å². The van der Waals surface area contributed by atoms with Crippen LogP contribution in [0.5, 0.6) is 0 Å². The second-order valence-electron chi connectivity index (χ2n) is 3.16. The van der Waals surface area contributed by atoms with Crippen LogP contribution < -0.4 is 5.32 Å². The summed E-state index contributed by atoms with van der Waals surface area (Å²) >= 11 is 0. The van der Waals surface area contributed by atoms with Crippen LogP contribution in [0.3, 0.4) is 0 Å². The van der Waals surface area contributed by atoms with Gasteiger partial charge in [-0.2, -0.15) is 0 Å². The van der Waals surface area contributed by atoms with Gasteiger partial charge in [0.05, 0.1) is 13.2 Å². The molecule has 0 radical (unpaired) electrons. The molecule has 52 valence electrons. The van der Waals surface area contributed by atoms with Crippen molar-refractivity contribution in [2.24, 2.45) is 0 Å². The predicted molar refractivity (Wildman–Crippen MR) is 31.8 cm³/mol. The highest BCUT2D eigenvalue weighted by molar-refractivity contribution is 4.95. The Labute approximate surface area is 54.3 Å². The molecule has 0 aliphatic carbocycles. The maximum Gasteiger partial charge on any atom is 0.142 e. The van der Waals surface area contributed by atoms with Gasteiger partial charge >= 0.3 is 0 Å². The van der Waals surface area contributed by atoms with Gasteiger partial charge in [0.1, 0.15) is 11.4 Å². The third-order valence-corrected chi connectivity index (χ3v) is 1.68. The van der Waals surface area contributed by atoms with Crippen molar-refractivity contribution in [3.63, 3.8) is 0 Å². The highest BCUT2D eigenvalue weighted by atomic mass is 16.6. The molecule has 1 N–H and O–H groups in total. The van der Waals surface area contributed by atoms with Gasteiger partial charge in [0.25, 0.3) is 0 Å². The molecular weight excluding hydrogens is 118 g/mol. The van der Waals surface area contributed by atoms with E-state index in [1.54, 1.807) is 0 Å². The molecule has 2 rings (SSSR count). The summed E-state index contributed by atoms with van der Waals surface area (Å²) in [5, 5.41) is 3.24. The number of hydrogen-bond donors (Lipinski definition) is 1. The molecule has 0 saturated carbocycles. The van der Waals surface area contributed by atoms with Gasteiger partial charge in [-0.15, -0.1) is 0 Å². The average Bonchev–Trinajstić information content (AvgIpc) is 2.55. The summed E-state index contributed by atoms with van der Waals surface area (Å²) in [6.07, 6.45) is 0. The first-order valence-corrected chi connectivity index (χ1v) is 3.19. The first-order chi connectivity index (χ1) is 4.12. The van der Waals surface area contributed by atoms with Gasteiger partial charge in [0.15, 0.2) is 0 Å². The van der Waals surface area contributed by atoms with Crippen LogP contribution in [0.15, 0.2) is 0 Å². The van der Waals surface area contributed by atoms with Crippen LogP contribution in [-0.2, 0) is 9.47 Å². The molecule has 0 aromatic heterocycles.